The van der Waals surface area contributed by atoms with Crippen molar-refractivity contribution in [2.45, 2.75) is 5.63 Å². The first-order valence-electron chi connectivity index (χ1n) is 4.17. The minimum Gasteiger partial charge on any atom is -0.336 e. The van der Waals surface area contributed by atoms with E-state index in [1.54, 1.807) is 0 Å². The van der Waals surface area contributed by atoms with Crippen LogP contribution in [-0.4, -0.2) is 55.3 Å². The van der Waals surface area contributed by atoms with Gasteiger partial charge in [0.15, 0.2) is 0 Å². The lowest BCUT2D eigenvalue weighted by Gasteiger charge is -2.32. The third-order valence-corrected chi connectivity index (χ3v) is 3.37. The van der Waals surface area contributed by atoms with E-state index in [9.17, 15) is 17.6 Å². The zero-order valence-corrected chi connectivity index (χ0v) is 9.34. The number of piperazine rings is 1. The van der Waals surface area contributed by atoms with Crippen LogP contribution in [0.15, 0.2) is 0 Å². The van der Waals surface area contributed by atoms with Crippen LogP contribution in [-0.2, 0) is 15.0 Å². The highest BCUT2D eigenvalue weighted by Crippen LogP contribution is 2.09. The van der Waals surface area contributed by atoms with Crippen molar-refractivity contribution in [3.8, 4) is 0 Å². The Bertz CT molecular complexity index is 340. The van der Waals surface area contributed by atoms with E-state index in [4.69, 9.17) is 16.7 Å². The lowest BCUT2D eigenvalue weighted by Crippen LogP contribution is -2.53. The summed E-state index contributed by atoms with van der Waals surface area (Å²) in [6.07, 6.45) is 0. The number of carbonyl (C=O) groups is 1. The molecule has 1 amide bonds. The summed E-state index contributed by atoms with van der Waals surface area (Å²) in [7, 11) is -3.73. The highest BCUT2D eigenvalue weighted by atomic mass is 35.5. The largest absolute Gasteiger partial charge is 0.336 e. The summed E-state index contributed by atoms with van der Waals surface area (Å²) in [6, 6.07) is 0. The molecule has 1 unspecified atom stereocenters. The van der Waals surface area contributed by atoms with E-state index in [1.165, 1.54) is 4.90 Å². The molecule has 0 bridgehead atoms. The maximum absolute atomic E-state index is 12.4. The Morgan fingerprint density at radius 2 is 1.80 bits per heavy atom. The average Bonchev–Trinajstić information content (AvgIpc) is 2.15. The second-order valence-corrected chi connectivity index (χ2v) is 5.00. The smallest absolute Gasteiger partial charge is 0.277 e. The molecule has 6 nitrogen and oxygen atoms in total. The van der Waals surface area contributed by atoms with Crippen LogP contribution in [0.1, 0.15) is 0 Å². The lowest BCUT2D eigenvalue weighted by atomic mass is 10.3. The van der Waals surface area contributed by atoms with E-state index in [1.807, 2.05) is 0 Å². The van der Waals surface area contributed by atoms with Crippen molar-refractivity contribution in [3.63, 3.8) is 0 Å². The van der Waals surface area contributed by atoms with Crippen molar-refractivity contribution < 1.29 is 17.6 Å². The van der Waals surface area contributed by atoms with E-state index >= 15 is 0 Å². The molecule has 1 heterocycles. The molecule has 0 aromatic carbocycles. The van der Waals surface area contributed by atoms with Gasteiger partial charge in [0.05, 0.1) is 0 Å². The van der Waals surface area contributed by atoms with Crippen LogP contribution in [0.3, 0.4) is 0 Å². The minimum atomic E-state index is -3.73. The molecule has 88 valence electrons. The SMILES string of the molecule is NS(=O)(=O)N1CCN(C(=O)C(F)Cl)CC1. The molecule has 1 aliphatic heterocycles. The number of amides is 1. The topological polar surface area (TPSA) is 83.7 Å². The quantitative estimate of drug-likeness (QED) is 0.637. The van der Waals surface area contributed by atoms with Crippen molar-refractivity contribution in [1.82, 2.24) is 9.21 Å². The van der Waals surface area contributed by atoms with Gasteiger partial charge in [-0.3, -0.25) is 4.79 Å². The number of alkyl halides is 2. The standard InChI is InChI=1S/C6H11ClFN3O3S/c7-5(8)6(12)10-1-3-11(4-2-10)15(9,13)14/h5H,1-4H2,(H2,9,13,14). The van der Waals surface area contributed by atoms with Crippen molar-refractivity contribution >= 4 is 27.7 Å². The lowest BCUT2D eigenvalue weighted by molar-refractivity contribution is -0.134. The van der Waals surface area contributed by atoms with Gasteiger partial charge < -0.3 is 4.90 Å². The first-order chi connectivity index (χ1) is 6.82. The summed E-state index contributed by atoms with van der Waals surface area (Å²) < 4.78 is 35.2. The first-order valence-corrected chi connectivity index (χ1v) is 6.11. The molecule has 0 aliphatic carbocycles. The molecule has 0 aromatic heterocycles. The van der Waals surface area contributed by atoms with Gasteiger partial charge in [0, 0.05) is 26.2 Å². The fourth-order valence-electron chi connectivity index (χ4n) is 1.30. The second kappa shape index (κ2) is 4.60. The van der Waals surface area contributed by atoms with Crippen LogP contribution in [0, 0.1) is 0 Å². The number of halogens is 2. The van der Waals surface area contributed by atoms with Gasteiger partial charge in [-0.15, -0.1) is 0 Å². The van der Waals surface area contributed by atoms with Crippen molar-refractivity contribution in [3.05, 3.63) is 0 Å². The normalized spacial score (nSPS) is 21.4. The van der Waals surface area contributed by atoms with Crippen molar-refractivity contribution in [2.24, 2.45) is 5.14 Å². The maximum atomic E-state index is 12.4. The molecule has 1 atom stereocenters. The highest BCUT2D eigenvalue weighted by molar-refractivity contribution is 7.86. The van der Waals surface area contributed by atoms with Gasteiger partial charge in [-0.25, -0.2) is 9.53 Å². The van der Waals surface area contributed by atoms with Crippen LogP contribution >= 0.6 is 11.6 Å². The first kappa shape index (κ1) is 12.6. The molecule has 2 N–H and O–H groups in total. The molecule has 1 saturated heterocycles. The predicted molar refractivity (Wildman–Crippen MR) is 52.0 cm³/mol. The zero-order chi connectivity index (χ0) is 11.6. The molecule has 0 radical (unpaired) electrons. The molecule has 1 fully saturated rings. The molecule has 0 saturated carbocycles. The highest BCUT2D eigenvalue weighted by Gasteiger charge is 2.29. The Kier molecular flexibility index (Phi) is 3.87. The summed E-state index contributed by atoms with van der Waals surface area (Å²) in [5.74, 6) is -0.842. The van der Waals surface area contributed by atoms with E-state index in [0.717, 1.165) is 4.31 Å². The molecule has 9 heteroatoms. The van der Waals surface area contributed by atoms with E-state index < -0.39 is 21.7 Å². The molecule has 1 aliphatic rings. The van der Waals surface area contributed by atoms with Gasteiger partial charge in [-0.1, -0.05) is 11.6 Å². The predicted octanol–water partition coefficient (Wildman–Crippen LogP) is -1.13. The Hall–Kier alpha value is -0.440. The summed E-state index contributed by atoms with van der Waals surface area (Å²) in [6.45, 7) is 0.327. The van der Waals surface area contributed by atoms with Gasteiger partial charge in [0.2, 0.25) is 0 Å². The summed E-state index contributed by atoms with van der Waals surface area (Å²) >= 11 is 4.97. The third kappa shape index (κ3) is 3.26. The molecular weight excluding hydrogens is 249 g/mol. The van der Waals surface area contributed by atoms with Crippen LogP contribution in [0.25, 0.3) is 0 Å². The van der Waals surface area contributed by atoms with Crippen molar-refractivity contribution in [1.29, 1.82) is 0 Å². The number of hydrogen-bond acceptors (Lipinski definition) is 3. The molecular formula is C6H11ClFN3O3S. The van der Waals surface area contributed by atoms with Crippen LogP contribution in [0.4, 0.5) is 4.39 Å². The van der Waals surface area contributed by atoms with Crippen LogP contribution in [0.5, 0.6) is 0 Å². The fraction of sp³-hybridized carbons (Fsp3) is 0.833. The summed E-state index contributed by atoms with van der Waals surface area (Å²) in [4.78, 5) is 12.2. The van der Waals surface area contributed by atoms with E-state index in [2.05, 4.69) is 0 Å². The maximum Gasteiger partial charge on any atom is 0.277 e. The number of nitrogens with two attached hydrogens (primary N) is 1. The number of rotatable bonds is 2. The zero-order valence-electron chi connectivity index (χ0n) is 7.77. The monoisotopic (exact) mass is 259 g/mol. The van der Waals surface area contributed by atoms with Gasteiger partial charge >= 0.3 is 0 Å². The molecule has 15 heavy (non-hydrogen) atoms. The Balaban J connectivity index is 2.53. The van der Waals surface area contributed by atoms with E-state index in [-0.39, 0.29) is 26.2 Å². The van der Waals surface area contributed by atoms with Gasteiger partial charge in [-0.05, 0) is 0 Å². The number of carbonyl (C=O) groups excluding carboxylic acids is 1. The summed E-state index contributed by atoms with van der Waals surface area (Å²) in [5.41, 5.74) is -2.08. The Morgan fingerprint density at radius 3 is 2.13 bits per heavy atom. The molecule has 0 spiro atoms. The van der Waals surface area contributed by atoms with Gasteiger partial charge in [-0.2, -0.15) is 12.7 Å². The average molecular weight is 260 g/mol. The Morgan fingerprint density at radius 1 is 1.33 bits per heavy atom. The minimum absolute atomic E-state index is 0.0637. The molecule has 1 rings (SSSR count). The van der Waals surface area contributed by atoms with Gasteiger partial charge in [0.25, 0.3) is 21.7 Å². The fourth-order valence-corrected chi connectivity index (χ4v) is 2.11. The molecule has 0 aromatic rings. The van der Waals surface area contributed by atoms with Crippen LogP contribution < -0.4 is 5.14 Å². The van der Waals surface area contributed by atoms with Crippen molar-refractivity contribution in [2.75, 3.05) is 26.2 Å². The summed E-state index contributed by atoms with van der Waals surface area (Å²) in [5, 5.41) is 4.89. The number of nitrogens with zero attached hydrogens (tertiary/aromatic N) is 2. The second-order valence-electron chi connectivity index (χ2n) is 3.07. The number of hydrogen-bond donors (Lipinski definition) is 1. The van der Waals surface area contributed by atoms with Gasteiger partial charge in [0.1, 0.15) is 0 Å². The van der Waals surface area contributed by atoms with Crippen LogP contribution in [0.2, 0.25) is 0 Å². The van der Waals surface area contributed by atoms with E-state index in [0.29, 0.717) is 0 Å². The third-order valence-electron chi connectivity index (χ3n) is 2.10. The Labute approximate surface area is 91.9 Å².